The molecule has 0 aliphatic carbocycles. The summed E-state index contributed by atoms with van der Waals surface area (Å²) in [5.74, 6) is 0. The third kappa shape index (κ3) is 6.52. The van der Waals surface area contributed by atoms with Crippen LogP contribution in [0.2, 0.25) is 0 Å². The molecule has 92 valence electrons. The predicted molar refractivity (Wildman–Crippen MR) is 74.1 cm³/mol. The lowest BCUT2D eigenvalue weighted by atomic mass is 10.2. The number of benzene rings is 1. The van der Waals surface area contributed by atoms with Crippen LogP contribution < -0.4 is 16.4 Å². The highest BCUT2D eigenvalue weighted by atomic mass is 32.1. The number of urea groups is 1. The molecule has 0 atom stereocenters. The zero-order valence-electron chi connectivity index (χ0n) is 9.61. The Morgan fingerprint density at radius 1 is 1.24 bits per heavy atom. The highest BCUT2D eigenvalue weighted by molar-refractivity contribution is 7.80. The maximum absolute atomic E-state index is 11.4. The molecule has 17 heavy (non-hydrogen) atoms. The summed E-state index contributed by atoms with van der Waals surface area (Å²) in [6.07, 6.45) is 2.51. The second kappa shape index (κ2) is 7.62. The average Bonchev–Trinajstić information content (AvgIpc) is 2.29. The van der Waals surface area contributed by atoms with Crippen LogP contribution in [0.3, 0.4) is 0 Å². The molecule has 0 heterocycles. The van der Waals surface area contributed by atoms with Gasteiger partial charge in [-0.25, -0.2) is 4.79 Å². The van der Waals surface area contributed by atoms with Gasteiger partial charge < -0.3 is 16.4 Å². The first-order valence-corrected chi connectivity index (χ1v) is 5.97. The molecular weight excluding hydrogens is 234 g/mol. The molecule has 0 spiro atoms. The van der Waals surface area contributed by atoms with Crippen molar-refractivity contribution in [3.05, 3.63) is 30.3 Å². The highest BCUT2D eigenvalue weighted by Crippen LogP contribution is 2.04. The van der Waals surface area contributed by atoms with E-state index in [-0.39, 0.29) is 6.03 Å². The normalized spacial score (nSPS) is 9.65. The van der Waals surface area contributed by atoms with Gasteiger partial charge in [-0.2, -0.15) is 0 Å². The number of amides is 2. The SMILES string of the molecule is NC(=S)CCCCNC(=O)Nc1ccccc1. The number of hydrogen-bond donors (Lipinski definition) is 3. The quantitative estimate of drug-likeness (QED) is 0.536. The van der Waals surface area contributed by atoms with Crippen LogP contribution in [0.1, 0.15) is 19.3 Å². The standard InChI is InChI=1S/C12H17N3OS/c13-11(17)8-4-5-9-14-12(16)15-10-6-2-1-3-7-10/h1-3,6-7H,4-5,8-9H2,(H2,13,17)(H2,14,15,16). The summed E-state index contributed by atoms with van der Waals surface area (Å²) < 4.78 is 0. The second-order valence-corrected chi connectivity index (χ2v) is 4.19. The summed E-state index contributed by atoms with van der Waals surface area (Å²) in [5, 5.41) is 5.51. The number of nitrogens with one attached hydrogen (secondary N) is 2. The Morgan fingerprint density at radius 3 is 2.59 bits per heavy atom. The van der Waals surface area contributed by atoms with Gasteiger partial charge in [0, 0.05) is 12.2 Å². The van der Waals surface area contributed by atoms with E-state index in [1.165, 1.54) is 0 Å². The first-order valence-electron chi connectivity index (χ1n) is 5.56. The number of carbonyl (C=O) groups excluding carboxylic acids is 1. The van der Waals surface area contributed by atoms with Crippen LogP contribution in [-0.2, 0) is 0 Å². The fourth-order valence-corrected chi connectivity index (χ4v) is 1.47. The molecule has 0 bridgehead atoms. The maximum atomic E-state index is 11.4. The van der Waals surface area contributed by atoms with Gasteiger partial charge in [-0.05, 0) is 31.4 Å². The number of unbranched alkanes of at least 4 members (excludes halogenated alkanes) is 1. The molecule has 0 saturated heterocycles. The van der Waals surface area contributed by atoms with Crippen LogP contribution in [0.4, 0.5) is 10.5 Å². The van der Waals surface area contributed by atoms with Crippen molar-refractivity contribution in [1.82, 2.24) is 5.32 Å². The van der Waals surface area contributed by atoms with Crippen molar-refractivity contribution in [2.45, 2.75) is 19.3 Å². The summed E-state index contributed by atoms with van der Waals surface area (Å²) in [6.45, 7) is 0.626. The summed E-state index contributed by atoms with van der Waals surface area (Å²) in [4.78, 5) is 12.0. The van der Waals surface area contributed by atoms with Crippen LogP contribution in [0.15, 0.2) is 30.3 Å². The third-order valence-electron chi connectivity index (χ3n) is 2.17. The van der Waals surface area contributed by atoms with Crippen LogP contribution in [-0.4, -0.2) is 17.6 Å². The van der Waals surface area contributed by atoms with Crippen molar-refractivity contribution in [2.24, 2.45) is 5.73 Å². The summed E-state index contributed by atoms with van der Waals surface area (Å²) in [5.41, 5.74) is 6.15. The van der Waals surface area contributed by atoms with E-state index in [0.29, 0.717) is 11.5 Å². The molecule has 0 radical (unpaired) electrons. The number of carbonyl (C=O) groups is 1. The molecule has 1 aromatic rings. The highest BCUT2D eigenvalue weighted by Gasteiger charge is 1.99. The van der Waals surface area contributed by atoms with E-state index >= 15 is 0 Å². The molecular formula is C12H17N3OS. The molecule has 1 aromatic carbocycles. The molecule has 4 N–H and O–H groups in total. The number of nitrogens with two attached hydrogens (primary N) is 1. The largest absolute Gasteiger partial charge is 0.393 e. The Kier molecular flexibility index (Phi) is 6.03. The molecule has 0 aliphatic heterocycles. The predicted octanol–water partition coefficient (Wildman–Crippen LogP) is 2.26. The van der Waals surface area contributed by atoms with E-state index in [1.807, 2.05) is 30.3 Å². The van der Waals surface area contributed by atoms with E-state index in [2.05, 4.69) is 10.6 Å². The minimum atomic E-state index is -0.188. The number of para-hydroxylation sites is 1. The van der Waals surface area contributed by atoms with E-state index in [0.717, 1.165) is 24.9 Å². The van der Waals surface area contributed by atoms with Gasteiger partial charge in [0.25, 0.3) is 0 Å². The zero-order valence-corrected chi connectivity index (χ0v) is 10.4. The Morgan fingerprint density at radius 2 is 1.94 bits per heavy atom. The van der Waals surface area contributed by atoms with E-state index < -0.39 is 0 Å². The van der Waals surface area contributed by atoms with Crippen molar-refractivity contribution in [3.63, 3.8) is 0 Å². The second-order valence-electron chi connectivity index (χ2n) is 3.67. The van der Waals surface area contributed by atoms with Crippen molar-refractivity contribution in [2.75, 3.05) is 11.9 Å². The minimum Gasteiger partial charge on any atom is -0.393 e. The summed E-state index contributed by atoms with van der Waals surface area (Å²) in [6, 6.07) is 9.14. The van der Waals surface area contributed by atoms with Crippen LogP contribution in [0.25, 0.3) is 0 Å². The van der Waals surface area contributed by atoms with Crippen molar-refractivity contribution < 1.29 is 4.79 Å². The smallest absolute Gasteiger partial charge is 0.319 e. The fraction of sp³-hybridized carbons (Fsp3) is 0.333. The van der Waals surface area contributed by atoms with E-state index in [1.54, 1.807) is 0 Å². The molecule has 5 heteroatoms. The van der Waals surface area contributed by atoms with Crippen LogP contribution >= 0.6 is 12.2 Å². The molecule has 2 amide bonds. The number of anilines is 1. The van der Waals surface area contributed by atoms with Gasteiger partial charge in [0.2, 0.25) is 0 Å². The molecule has 0 aromatic heterocycles. The van der Waals surface area contributed by atoms with Crippen molar-refractivity contribution >= 4 is 28.9 Å². The topological polar surface area (TPSA) is 67.1 Å². The summed E-state index contributed by atoms with van der Waals surface area (Å²) >= 11 is 4.76. The average molecular weight is 251 g/mol. The van der Waals surface area contributed by atoms with Crippen LogP contribution in [0.5, 0.6) is 0 Å². The lowest BCUT2D eigenvalue weighted by Crippen LogP contribution is -2.29. The van der Waals surface area contributed by atoms with Gasteiger partial charge in [0.1, 0.15) is 0 Å². The molecule has 0 unspecified atom stereocenters. The van der Waals surface area contributed by atoms with Gasteiger partial charge in [-0.15, -0.1) is 0 Å². The molecule has 4 nitrogen and oxygen atoms in total. The molecule has 0 aliphatic rings. The first-order chi connectivity index (χ1) is 8.18. The minimum absolute atomic E-state index is 0.188. The van der Waals surface area contributed by atoms with Crippen molar-refractivity contribution in [1.29, 1.82) is 0 Å². The Balaban J connectivity index is 2.12. The molecule has 0 fully saturated rings. The number of rotatable bonds is 6. The summed E-state index contributed by atoms with van der Waals surface area (Å²) in [7, 11) is 0. The molecule has 0 saturated carbocycles. The van der Waals surface area contributed by atoms with E-state index in [4.69, 9.17) is 18.0 Å². The van der Waals surface area contributed by atoms with Gasteiger partial charge in [0.05, 0.1) is 4.99 Å². The van der Waals surface area contributed by atoms with Gasteiger partial charge in [-0.1, -0.05) is 30.4 Å². The van der Waals surface area contributed by atoms with Gasteiger partial charge >= 0.3 is 6.03 Å². The maximum Gasteiger partial charge on any atom is 0.319 e. The monoisotopic (exact) mass is 251 g/mol. The van der Waals surface area contributed by atoms with Crippen molar-refractivity contribution in [3.8, 4) is 0 Å². The van der Waals surface area contributed by atoms with Gasteiger partial charge in [-0.3, -0.25) is 0 Å². The first kappa shape index (κ1) is 13.4. The lowest BCUT2D eigenvalue weighted by Gasteiger charge is -2.07. The fourth-order valence-electron chi connectivity index (χ4n) is 1.32. The lowest BCUT2D eigenvalue weighted by molar-refractivity contribution is 0.252. The van der Waals surface area contributed by atoms with Crippen LogP contribution in [0, 0.1) is 0 Å². The molecule has 1 rings (SSSR count). The Hall–Kier alpha value is -1.62. The third-order valence-corrected chi connectivity index (χ3v) is 2.37. The number of thiocarbonyl (C=S) groups is 1. The Labute approximate surface area is 107 Å². The number of hydrogen-bond acceptors (Lipinski definition) is 2. The Bertz CT molecular complexity index is 367. The van der Waals surface area contributed by atoms with Gasteiger partial charge in [0.15, 0.2) is 0 Å². The van der Waals surface area contributed by atoms with E-state index in [9.17, 15) is 4.79 Å². The zero-order chi connectivity index (χ0) is 12.5.